The summed E-state index contributed by atoms with van der Waals surface area (Å²) in [4.78, 5) is 18.6. The molecule has 0 radical (unpaired) electrons. The molecular weight excluding hydrogens is 538 g/mol. The molecule has 0 aliphatic heterocycles. The summed E-state index contributed by atoms with van der Waals surface area (Å²) in [7, 11) is 0. The van der Waals surface area contributed by atoms with Gasteiger partial charge in [0.1, 0.15) is 22.4 Å². The fraction of sp³-hybridized carbons (Fsp3) is 0.286. The zero-order valence-corrected chi connectivity index (χ0v) is 22.7. The summed E-state index contributed by atoms with van der Waals surface area (Å²) >= 11 is 6.60. The molecule has 204 valence electrons. The Kier molecular flexibility index (Phi) is 5.32. The highest BCUT2D eigenvalue weighted by atomic mass is 35.5. The first-order valence-electron chi connectivity index (χ1n) is 14.0. The van der Waals surface area contributed by atoms with Crippen LogP contribution in [0.2, 0.25) is 5.02 Å². The third-order valence-electron chi connectivity index (χ3n) is 7.30. The molecule has 40 heavy (non-hydrogen) atoms. The zero-order valence-electron chi connectivity index (χ0n) is 24.9. The van der Waals surface area contributed by atoms with Crippen LogP contribution >= 0.6 is 11.6 Å². The molecule has 1 saturated carbocycles. The maximum absolute atomic E-state index is 16.3. The number of halogens is 3. The van der Waals surface area contributed by atoms with Crippen LogP contribution in [0.1, 0.15) is 56.5 Å². The van der Waals surface area contributed by atoms with Gasteiger partial charge in [-0.2, -0.15) is 15.0 Å². The van der Waals surface area contributed by atoms with Gasteiger partial charge in [0.25, 0.3) is 5.56 Å². The van der Waals surface area contributed by atoms with Crippen LogP contribution in [0, 0.1) is 39.3 Å². The third kappa shape index (κ3) is 4.03. The van der Waals surface area contributed by atoms with E-state index in [-0.39, 0.29) is 39.5 Å². The van der Waals surface area contributed by atoms with Crippen LogP contribution in [0.25, 0.3) is 22.6 Å². The maximum atomic E-state index is 16.3. The Morgan fingerprint density at radius 3 is 2.48 bits per heavy atom. The van der Waals surface area contributed by atoms with E-state index in [1.54, 1.807) is 39.8 Å². The van der Waals surface area contributed by atoms with Crippen molar-refractivity contribution in [3.8, 4) is 22.6 Å². The highest BCUT2D eigenvalue weighted by Gasteiger charge is 2.43. The van der Waals surface area contributed by atoms with E-state index >= 15 is 8.78 Å². The molecule has 1 fully saturated rings. The van der Waals surface area contributed by atoms with E-state index in [9.17, 15) is 4.79 Å². The van der Waals surface area contributed by atoms with Crippen LogP contribution in [-0.4, -0.2) is 39.3 Å². The van der Waals surface area contributed by atoms with E-state index in [0.717, 1.165) is 0 Å². The summed E-state index contributed by atoms with van der Waals surface area (Å²) in [6.07, 6.45) is 3.38. The second-order valence-electron chi connectivity index (χ2n) is 9.92. The van der Waals surface area contributed by atoms with E-state index in [2.05, 4.69) is 25.4 Å². The lowest BCUT2D eigenvalue weighted by Crippen LogP contribution is -2.24. The predicted octanol–water partition coefficient (Wildman–Crippen LogP) is 5.05. The number of pyridine rings is 2. The fourth-order valence-corrected chi connectivity index (χ4v) is 5.59. The van der Waals surface area contributed by atoms with Crippen molar-refractivity contribution in [1.29, 1.82) is 0 Å². The quantitative estimate of drug-likeness (QED) is 0.296. The highest BCUT2D eigenvalue weighted by molar-refractivity contribution is 6.31. The van der Waals surface area contributed by atoms with Crippen molar-refractivity contribution in [2.45, 2.75) is 46.0 Å². The number of nitrogens with zero attached hydrogens (tertiary/aromatic N) is 8. The van der Waals surface area contributed by atoms with Gasteiger partial charge >= 0.3 is 0 Å². The van der Waals surface area contributed by atoms with Gasteiger partial charge in [-0.15, -0.1) is 10.2 Å². The Balaban J connectivity index is 1.41. The zero-order chi connectivity index (χ0) is 31.0. The first-order chi connectivity index (χ1) is 20.3. The SMILES string of the molecule is [2H]C([2H])([2H])n1ncc([C@H]2C[C@@H]2c2cc(C)n(-c3c(C)cnc(-c4cccc(-n5c(C)nnc5C)c4F)c3F)c(=O)c2Cl)n1. The van der Waals surface area contributed by atoms with Crippen LogP contribution in [-0.2, 0) is 6.98 Å². The van der Waals surface area contributed by atoms with Crippen LogP contribution in [0.15, 0.2) is 41.5 Å². The molecule has 9 nitrogen and oxygen atoms in total. The summed E-state index contributed by atoms with van der Waals surface area (Å²) < 4.78 is 57.4. The molecule has 0 saturated heterocycles. The largest absolute Gasteiger partial charge is 0.280 e. The molecule has 1 aromatic carbocycles. The minimum Gasteiger partial charge on any atom is -0.280 e. The van der Waals surface area contributed by atoms with Crippen molar-refractivity contribution in [2.75, 3.05) is 0 Å². The van der Waals surface area contributed by atoms with Gasteiger partial charge in [0.05, 0.1) is 23.3 Å². The Morgan fingerprint density at radius 2 is 1.77 bits per heavy atom. The molecule has 2 atom stereocenters. The van der Waals surface area contributed by atoms with Gasteiger partial charge in [-0.1, -0.05) is 17.7 Å². The van der Waals surface area contributed by atoms with Gasteiger partial charge in [-0.05, 0) is 69.4 Å². The molecule has 0 amide bonds. The van der Waals surface area contributed by atoms with E-state index in [1.165, 1.54) is 33.7 Å². The number of benzene rings is 1. The number of rotatable bonds is 5. The molecule has 0 spiro atoms. The van der Waals surface area contributed by atoms with Crippen LogP contribution in [0.4, 0.5) is 8.78 Å². The molecule has 5 aromatic rings. The van der Waals surface area contributed by atoms with Gasteiger partial charge in [-0.3, -0.25) is 18.9 Å². The standard InChI is InChI=1S/C28H25ClF2N8O/c1-13-11-32-26(17-7-6-8-22(24(17)30)39-15(3)34-35-16(39)4)25(31)27(13)38-14(2)9-20(23(29)28(38)40)18-10-19(18)21-12-33-37(5)36-21/h6-9,11-12,18-19H,10H2,1-5H3/t18-,19-/m0/s1/i5D3. The Labute approximate surface area is 237 Å². The molecule has 0 N–H and O–H groups in total. The second kappa shape index (κ2) is 9.44. The molecule has 4 heterocycles. The summed E-state index contributed by atoms with van der Waals surface area (Å²) in [5.41, 5.74) is 0.846. The Bertz CT molecular complexity index is 1960. The maximum Gasteiger partial charge on any atom is 0.274 e. The Morgan fingerprint density at radius 1 is 1.02 bits per heavy atom. The Hall–Kier alpha value is -4.25. The van der Waals surface area contributed by atoms with Crippen molar-refractivity contribution in [3.05, 3.63) is 97.8 Å². The first-order valence-corrected chi connectivity index (χ1v) is 12.9. The van der Waals surface area contributed by atoms with E-state index < -0.39 is 24.2 Å². The lowest BCUT2D eigenvalue weighted by molar-refractivity contribution is 0.597. The summed E-state index contributed by atoms with van der Waals surface area (Å²) in [6, 6.07) is 6.25. The number of aryl methyl sites for hydroxylation is 5. The predicted molar refractivity (Wildman–Crippen MR) is 145 cm³/mol. The average Bonchev–Trinajstić information content (AvgIpc) is 3.42. The van der Waals surface area contributed by atoms with E-state index in [1.807, 2.05) is 0 Å². The smallest absolute Gasteiger partial charge is 0.274 e. The molecule has 6 rings (SSSR count). The minimum absolute atomic E-state index is 0.0876. The first kappa shape index (κ1) is 22.6. The highest BCUT2D eigenvalue weighted by Crippen LogP contribution is 2.55. The number of aromatic nitrogens is 8. The molecule has 1 aliphatic rings. The molecule has 0 unspecified atom stereocenters. The van der Waals surface area contributed by atoms with E-state index in [0.29, 0.717) is 45.4 Å². The fourth-order valence-electron chi connectivity index (χ4n) is 5.31. The summed E-state index contributed by atoms with van der Waals surface area (Å²) in [5.74, 6) is -1.03. The van der Waals surface area contributed by atoms with Crippen molar-refractivity contribution in [3.63, 3.8) is 0 Å². The molecular formula is C28H25ClF2N8O. The van der Waals surface area contributed by atoms with Gasteiger partial charge in [0, 0.05) is 34.5 Å². The molecule has 12 heteroatoms. The average molecular weight is 566 g/mol. The summed E-state index contributed by atoms with van der Waals surface area (Å²) in [5, 5.41) is 15.8. The van der Waals surface area contributed by atoms with Gasteiger partial charge in [0.15, 0.2) is 11.6 Å². The minimum atomic E-state index is -2.50. The van der Waals surface area contributed by atoms with Gasteiger partial charge in [0.2, 0.25) is 0 Å². The van der Waals surface area contributed by atoms with Crippen LogP contribution in [0.5, 0.6) is 0 Å². The molecule has 1 aliphatic carbocycles. The van der Waals surface area contributed by atoms with E-state index in [4.69, 9.17) is 15.7 Å². The van der Waals surface area contributed by atoms with Crippen molar-refractivity contribution < 1.29 is 12.9 Å². The third-order valence-corrected chi connectivity index (χ3v) is 7.68. The van der Waals surface area contributed by atoms with Crippen LogP contribution in [0.3, 0.4) is 0 Å². The monoisotopic (exact) mass is 565 g/mol. The topological polar surface area (TPSA) is 96.3 Å². The van der Waals surface area contributed by atoms with Gasteiger partial charge < -0.3 is 0 Å². The van der Waals surface area contributed by atoms with Crippen molar-refractivity contribution >= 4 is 11.6 Å². The van der Waals surface area contributed by atoms with Crippen LogP contribution < -0.4 is 5.56 Å². The lowest BCUT2D eigenvalue weighted by atomic mass is 10.0. The summed E-state index contributed by atoms with van der Waals surface area (Å²) in [6.45, 7) is 4.12. The lowest BCUT2D eigenvalue weighted by Gasteiger charge is -2.18. The molecule has 4 aromatic heterocycles. The normalized spacial score (nSPS) is 17.9. The molecule has 0 bridgehead atoms. The van der Waals surface area contributed by atoms with Crippen molar-refractivity contribution in [1.82, 2.24) is 39.3 Å². The number of hydrogen-bond donors (Lipinski definition) is 0. The van der Waals surface area contributed by atoms with Gasteiger partial charge in [-0.25, -0.2) is 8.78 Å². The number of hydrogen-bond acceptors (Lipinski definition) is 6. The van der Waals surface area contributed by atoms with Crippen molar-refractivity contribution in [2.24, 2.45) is 6.98 Å². The second-order valence-corrected chi connectivity index (χ2v) is 10.3.